The molecule has 3 rings (SSSR count). The van der Waals surface area contributed by atoms with Gasteiger partial charge in [0.1, 0.15) is 12.1 Å². The standard InChI is InChI=1S/C20H26N4O4S/c1-12(2)17(24-9-13-6-4-5-7-15(13)19(24)27)20(28)23-10-14(25)8-16(23)18(26)22-21-11-29-3/h4-7,11-12,14,16-17,25H,8-10H2,1-3H3,(H,22,26)/b21-11-/t14-,16+,17+/m1/s1. The highest BCUT2D eigenvalue weighted by molar-refractivity contribution is 8.11. The summed E-state index contributed by atoms with van der Waals surface area (Å²) >= 11 is 1.33. The smallest absolute Gasteiger partial charge is 0.262 e. The van der Waals surface area contributed by atoms with Crippen molar-refractivity contribution in [3.63, 3.8) is 0 Å². The van der Waals surface area contributed by atoms with Crippen molar-refractivity contribution < 1.29 is 19.5 Å². The number of fused-ring (bicyclic) bond motifs is 1. The van der Waals surface area contributed by atoms with Crippen molar-refractivity contribution in [2.45, 2.75) is 45.0 Å². The number of amides is 3. The number of likely N-dealkylation sites (tertiary alicyclic amines) is 1. The number of thioether (sulfide) groups is 1. The summed E-state index contributed by atoms with van der Waals surface area (Å²) in [6.07, 6.45) is 1.16. The van der Waals surface area contributed by atoms with Gasteiger partial charge in [-0.05, 0) is 23.8 Å². The van der Waals surface area contributed by atoms with Crippen LogP contribution in [0.25, 0.3) is 0 Å². The van der Waals surface area contributed by atoms with Gasteiger partial charge in [0.05, 0.1) is 11.7 Å². The maximum atomic E-state index is 13.5. The van der Waals surface area contributed by atoms with Gasteiger partial charge in [0.15, 0.2) is 0 Å². The molecule has 156 valence electrons. The third-order valence-electron chi connectivity index (χ3n) is 5.27. The highest BCUT2D eigenvalue weighted by Crippen LogP contribution is 2.30. The van der Waals surface area contributed by atoms with Gasteiger partial charge in [0.25, 0.3) is 11.8 Å². The molecule has 0 aliphatic carbocycles. The van der Waals surface area contributed by atoms with Gasteiger partial charge in [-0.3, -0.25) is 14.4 Å². The molecular formula is C20H26N4O4S. The zero-order valence-corrected chi connectivity index (χ0v) is 17.6. The normalized spacial score (nSPS) is 22.4. The third-order valence-corrected chi connectivity index (χ3v) is 5.58. The van der Waals surface area contributed by atoms with E-state index in [1.54, 1.807) is 17.0 Å². The van der Waals surface area contributed by atoms with E-state index in [2.05, 4.69) is 10.5 Å². The van der Waals surface area contributed by atoms with Crippen LogP contribution in [0.1, 0.15) is 36.2 Å². The Kier molecular flexibility index (Phi) is 6.59. The van der Waals surface area contributed by atoms with E-state index in [0.717, 1.165) is 5.56 Å². The Hall–Kier alpha value is -2.39. The fourth-order valence-electron chi connectivity index (χ4n) is 3.97. The molecule has 9 heteroatoms. The van der Waals surface area contributed by atoms with Crippen molar-refractivity contribution in [2.24, 2.45) is 11.0 Å². The summed E-state index contributed by atoms with van der Waals surface area (Å²) in [4.78, 5) is 41.9. The summed E-state index contributed by atoms with van der Waals surface area (Å²) in [6, 6.07) is 5.78. The molecule has 1 aromatic rings. The van der Waals surface area contributed by atoms with Crippen molar-refractivity contribution in [2.75, 3.05) is 12.8 Å². The number of aliphatic hydroxyl groups excluding tert-OH is 1. The molecule has 0 radical (unpaired) electrons. The minimum atomic E-state index is -0.821. The van der Waals surface area contributed by atoms with Gasteiger partial charge in [-0.2, -0.15) is 5.10 Å². The van der Waals surface area contributed by atoms with E-state index in [-0.39, 0.29) is 30.7 Å². The van der Waals surface area contributed by atoms with Crippen molar-refractivity contribution in [3.05, 3.63) is 35.4 Å². The molecule has 0 aromatic heterocycles. The molecule has 0 saturated carbocycles. The first-order chi connectivity index (χ1) is 13.8. The molecule has 2 heterocycles. The highest BCUT2D eigenvalue weighted by Gasteiger charge is 2.45. The van der Waals surface area contributed by atoms with Crippen LogP contribution in [0.5, 0.6) is 0 Å². The summed E-state index contributed by atoms with van der Waals surface area (Å²) < 4.78 is 0. The quantitative estimate of drug-likeness (QED) is 0.408. The summed E-state index contributed by atoms with van der Waals surface area (Å²) in [5.41, 5.74) is 5.39. The molecule has 1 aromatic carbocycles. The van der Waals surface area contributed by atoms with Gasteiger partial charge >= 0.3 is 0 Å². The second-order valence-corrected chi connectivity index (χ2v) is 8.30. The van der Waals surface area contributed by atoms with Gasteiger partial charge in [0.2, 0.25) is 5.91 Å². The van der Waals surface area contributed by atoms with Crippen molar-refractivity contribution >= 4 is 35.0 Å². The molecule has 2 aliphatic rings. The fourth-order valence-corrected chi connectivity index (χ4v) is 4.13. The largest absolute Gasteiger partial charge is 0.391 e. The Morgan fingerprint density at radius 1 is 1.34 bits per heavy atom. The van der Waals surface area contributed by atoms with Crippen LogP contribution < -0.4 is 5.43 Å². The van der Waals surface area contributed by atoms with E-state index in [0.29, 0.717) is 12.1 Å². The number of hydrazone groups is 1. The molecule has 2 N–H and O–H groups in total. The number of carbonyl (C=O) groups is 3. The Labute approximate surface area is 174 Å². The molecule has 29 heavy (non-hydrogen) atoms. The lowest BCUT2D eigenvalue weighted by Crippen LogP contribution is -2.55. The summed E-state index contributed by atoms with van der Waals surface area (Å²) in [5.74, 6) is -1.11. The predicted octanol–water partition coefficient (Wildman–Crippen LogP) is 1.05. The van der Waals surface area contributed by atoms with Gasteiger partial charge in [-0.25, -0.2) is 5.43 Å². The van der Waals surface area contributed by atoms with Crippen LogP contribution in [0.3, 0.4) is 0 Å². The van der Waals surface area contributed by atoms with Gasteiger partial charge in [0, 0.05) is 25.1 Å². The van der Waals surface area contributed by atoms with Crippen LogP contribution in [-0.4, -0.2) is 69.2 Å². The number of nitrogens with zero attached hydrogens (tertiary/aromatic N) is 3. The molecule has 3 atom stereocenters. The number of nitrogens with one attached hydrogen (secondary N) is 1. The summed E-state index contributed by atoms with van der Waals surface area (Å²) in [5, 5.41) is 13.9. The summed E-state index contributed by atoms with van der Waals surface area (Å²) in [7, 11) is 0. The minimum Gasteiger partial charge on any atom is -0.391 e. The number of hydrogen-bond acceptors (Lipinski definition) is 6. The first-order valence-corrected chi connectivity index (χ1v) is 10.9. The number of rotatable bonds is 6. The molecule has 1 saturated heterocycles. The van der Waals surface area contributed by atoms with Gasteiger partial charge < -0.3 is 14.9 Å². The maximum Gasteiger partial charge on any atom is 0.262 e. The lowest BCUT2D eigenvalue weighted by molar-refractivity contribution is -0.143. The molecule has 8 nitrogen and oxygen atoms in total. The zero-order valence-electron chi connectivity index (χ0n) is 16.7. The molecule has 1 fully saturated rings. The SMILES string of the molecule is CS/C=N\NC(=O)[C@@H]1C[C@@H](O)CN1C(=O)[C@H](C(C)C)N1Cc2ccccc2C1=O. The van der Waals surface area contributed by atoms with Crippen molar-refractivity contribution in [1.29, 1.82) is 0 Å². The van der Waals surface area contributed by atoms with Gasteiger partial charge in [-0.15, -0.1) is 11.8 Å². The number of β-amino-alcohol motifs (C(OH)–C–C–N with tert-alkyl or cyclic N) is 1. The number of hydrogen-bond donors (Lipinski definition) is 2. The second-order valence-electron chi connectivity index (χ2n) is 7.62. The first-order valence-electron chi connectivity index (χ1n) is 9.56. The highest BCUT2D eigenvalue weighted by atomic mass is 32.2. The van der Waals surface area contributed by atoms with Crippen LogP contribution in [0.2, 0.25) is 0 Å². The van der Waals surface area contributed by atoms with E-state index < -0.39 is 24.1 Å². The third kappa shape index (κ3) is 4.30. The fraction of sp³-hybridized carbons (Fsp3) is 0.500. The predicted molar refractivity (Wildman–Crippen MR) is 111 cm³/mol. The molecule has 2 aliphatic heterocycles. The van der Waals surface area contributed by atoms with E-state index in [1.807, 2.05) is 32.2 Å². The van der Waals surface area contributed by atoms with E-state index in [1.165, 1.54) is 22.2 Å². The van der Waals surface area contributed by atoms with E-state index in [4.69, 9.17) is 0 Å². The average molecular weight is 419 g/mol. The van der Waals surface area contributed by atoms with Crippen LogP contribution in [0.4, 0.5) is 0 Å². The number of benzene rings is 1. The Morgan fingerprint density at radius 3 is 2.72 bits per heavy atom. The molecule has 0 spiro atoms. The first kappa shape index (κ1) is 21.3. The van der Waals surface area contributed by atoms with E-state index in [9.17, 15) is 19.5 Å². The van der Waals surface area contributed by atoms with Crippen molar-refractivity contribution in [3.8, 4) is 0 Å². The Bertz CT molecular complexity index is 828. The minimum absolute atomic E-state index is 0.0569. The zero-order chi connectivity index (χ0) is 21.1. The molecule has 3 amide bonds. The van der Waals surface area contributed by atoms with Crippen LogP contribution >= 0.6 is 11.8 Å². The Balaban J connectivity index is 1.82. The van der Waals surface area contributed by atoms with Crippen LogP contribution in [0.15, 0.2) is 29.4 Å². The van der Waals surface area contributed by atoms with Crippen LogP contribution in [0, 0.1) is 5.92 Å². The monoisotopic (exact) mass is 418 g/mol. The molecular weight excluding hydrogens is 392 g/mol. The number of carbonyl (C=O) groups excluding carboxylic acids is 3. The van der Waals surface area contributed by atoms with E-state index >= 15 is 0 Å². The number of aliphatic hydroxyl groups is 1. The summed E-state index contributed by atoms with van der Waals surface area (Å²) in [6.45, 7) is 4.17. The average Bonchev–Trinajstić information content (AvgIpc) is 3.23. The molecule has 0 unspecified atom stereocenters. The maximum absolute atomic E-state index is 13.5. The molecule has 0 bridgehead atoms. The lowest BCUT2D eigenvalue weighted by Gasteiger charge is -2.34. The second kappa shape index (κ2) is 8.96. The Morgan fingerprint density at radius 2 is 2.07 bits per heavy atom. The van der Waals surface area contributed by atoms with Crippen LogP contribution in [-0.2, 0) is 16.1 Å². The topological polar surface area (TPSA) is 102 Å². The van der Waals surface area contributed by atoms with Crippen molar-refractivity contribution in [1.82, 2.24) is 15.2 Å². The van der Waals surface area contributed by atoms with Gasteiger partial charge in [-0.1, -0.05) is 32.0 Å². The lowest BCUT2D eigenvalue weighted by atomic mass is 10.0.